The van der Waals surface area contributed by atoms with E-state index in [0.29, 0.717) is 11.1 Å². The van der Waals surface area contributed by atoms with Crippen molar-refractivity contribution in [3.05, 3.63) is 237 Å². The molecule has 0 N–H and O–H groups in total. The van der Waals surface area contributed by atoms with Gasteiger partial charge >= 0.3 is 0 Å². The van der Waals surface area contributed by atoms with Gasteiger partial charge in [-0.2, -0.15) is 9.13 Å². The molecule has 10 heteroatoms. The van der Waals surface area contributed by atoms with E-state index in [0.717, 1.165) is 25.7 Å². The van der Waals surface area contributed by atoms with E-state index in [9.17, 15) is 26.7 Å². The fraction of sp³-hybridized carbons (Fsp3) is 0.140. The molecular formula is C57H51N2O6S2+. The Labute approximate surface area is 393 Å². The summed E-state index contributed by atoms with van der Waals surface area (Å²) in [6.45, 7) is 8.92. The zero-order chi connectivity index (χ0) is 47.3. The Balaban J connectivity index is 0.000000182. The first kappa shape index (κ1) is 46.3. The van der Waals surface area contributed by atoms with Crippen LogP contribution in [0.2, 0.25) is 0 Å². The minimum Gasteiger partial charge on any atom is -0.871 e. The second-order valence-corrected chi connectivity index (χ2v) is 19.9. The lowest BCUT2D eigenvalue weighted by Crippen LogP contribution is -2.33. The highest BCUT2D eigenvalue weighted by atomic mass is 32.2. The Bertz CT molecular complexity index is 3230. The molecule has 2 aliphatic rings. The van der Waals surface area contributed by atoms with E-state index in [1.54, 1.807) is 54.6 Å². The fourth-order valence-corrected chi connectivity index (χ4v) is 11.8. The van der Waals surface area contributed by atoms with E-state index in [1.165, 1.54) is 93.3 Å². The Morgan fingerprint density at radius 3 is 1.40 bits per heavy atom. The van der Waals surface area contributed by atoms with Gasteiger partial charge in [0.2, 0.25) is 36.8 Å². The number of ketones is 1. The van der Waals surface area contributed by atoms with E-state index in [4.69, 9.17) is 0 Å². The zero-order valence-electron chi connectivity index (χ0n) is 37.9. The molecule has 7 aromatic rings. The van der Waals surface area contributed by atoms with E-state index in [2.05, 4.69) is 122 Å². The van der Waals surface area contributed by atoms with Gasteiger partial charge in [0, 0.05) is 52.1 Å². The fourth-order valence-electron chi connectivity index (χ4n) is 8.69. The highest BCUT2D eigenvalue weighted by Crippen LogP contribution is 2.38. The highest BCUT2D eigenvalue weighted by Gasteiger charge is 2.38. The van der Waals surface area contributed by atoms with Crippen molar-refractivity contribution in [1.29, 1.82) is 0 Å². The van der Waals surface area contributed by atoms with Gasteiger partial charge in [0.05, 0.1) is 14.7 Å². The van der Waals surface area contributed by atoms with Gasteiger partial charge in [0.25, 0.3) is 0 Å². The predicted molar refractivity (Wildman–Crippen MR) is 263 cm³/mol. The van der Waals surface area contributed by atoms with Gasteiger partial charge in [-0.3, -0.25) is 4.79 Å². The largest absolute Gasteiger partial charge is 0.871 e. The molecule has 4 heterocycles. The third-order valence-electron chi connectivity index (χ3n) is 12.2. The van der Waals surface area contributed by atoms with Crippen LogP contribution in [0.5, 0.6) is 0 Å². The lowest BCUT2D eigenvalue weighted by atomic mass is 10.0. The van der Waals surface area contributed by atoms with Crippen LogP contribution < -0.4 is 14.2 Å². The molecule has 67 heavy (non-hydrogen) atoms. The number of Topliss-reactive ketones (excluding diaryl/α,β-unsaturated/α-hetero) is 1. The molecule has 0 radical (unpaired) electrons. The lowest BCUT2D eigenvalue weighted by Gasteiger charge is -2.09. The van der Waals surface area contributed by atoms with Gasteiger partial charge in [-0.1, -0.05) is 143 Å². The number of nitrogens with zero attached hydrogens (tertiary/aromatic N) is 2. The smallest absolute Gasteiger partial charge is 0.216 e. The molecule has 0 aliphatic carbocycles. The van der Waals surface area contributed by atoms with Crippen LogP contribution in [0.25, 0.3) is 33.8 Å². The molecule has 0 bridgehead atoms. The monoisotopic (exact) mass is 923 g/mol. The van der Waals surface area contributed by atoms with Crippen molar-refractivity contribution in [3.63, 3.8) is 0 Å². The quantitative estimate of drug-likeness (QED) is 0.0725. The van der Waals surface area contributed by atoms with Crippen LogP contribution in [0, 0.1) is 0 Å². The Morgan fingerprint density at radius 1 is 0.522 bits per heavy atom. The van der Waals surface area contributed by atoms with Gasteiger partial charge in [0.15, 0.2) is 24.8 Å². The number of aryl methyl sites for hydroxylation is 4. The summed E-state index contributed by atoms with van der Waals surface area (Å²) in [6, 6.07) is 43.0. The average Bonchev–Trinajstić information content (AvgIpc) is 3.69. The number of sulfone groups is 2. The maximum Gasteiger partial charge on any atom is 0.216 e. The molecule has 0 saturated carbocycles. The third-order valence-corrected chi connectivity index (χ3v) is 15.9. The summed E-state index contributed by atoms with van der Waals surface area (Å²) in [5, 5.41) is 12.8. The van der Waals surface area contributed by atoms with Crippen molar-refractivity contribution in [2.45, 2.75) is 63.2 Å². The van der Waals surface area contributed by atoms with Crippen molar-refractivity contribution in [2.75, 3.05) is 0 Å². The number of hydrogen-bond donors (Lipinski definition) is 0. The van der Waals surface area contributed by atoms with Crippen molar-refractivity contribution in [3.8, 4) is 22.5 Å². The topological polar surface area (TPSA) is 116 Å². The molecule has 0 fully saturated rings. The summed E-state index contributed by atoms with van der Waals surface area (Å²) < 4.78 is 56.1. The molecule has 0 unspecified atom stereocenters. The molecule has 0 atom stereocenters. The molecule has 0 amide bonds. The maximum absolute atomic E-state index is 12.9. The van der Waals surface area contributed by atoms with Gasteiger partial charge < -0.3 is 5.11 Å². The molecule has 0 saturated heterocycles. The minimum absolute atomic E-state index is 0.0441. The number of carbonyl (C=O) groups excluding carboxylic acids is 1. The number of para-hydroxylation sites is 2. The number of rotatable bonds is 11. The summed E-state index contributed by atoms with van der Waals surface area (Å²) in [5.41, 5.74) is 12.0. The van der Waals surface area contributed by atoms with Crippen molar-refractivity contribution in [2.24, 2.45) is 0 Å². The Morgan fingerprint density at radius 2 is 0.955 bits per heavy atom. The van der Waals surface area contributed by atoms with E-state index >= 15 is 0 Å². The van der Waals surface area contributed by atoms with Crippen LogP contribution in [0.15, 0.2) is 208 Å². The first-order valence-electron chi connectivity index (χ1n) is 22.5. The van der Waals surface area contributed by atoms with Crippen LogP contribution in [-0.2, 0) is 45.4 Å². The first-order chi connectivity index (χ1) is 32.4. The minimum atomic E-state index is -3.98. The van der Waals surface area contributed by atoms with Crippen molar-refractivity contribution >= 4 is 36.8 Å². The Kier molecular flexibility index (Phi) is 13.6. The summed E-state index contributed by atoms with van der Waals surface area (Å²) in [4.78, 5) is 11.9. The maximum atomic E-state index is 12.9. The molecule has 2 aliphatic heterocycles. The summed E-state index contributed by atoms with van der Waals surface area (Å²) in [7, 11) is -7.96. The number of allylic oxidation sites excluding steroid dienone is 6. The van der Waals surface area contributed by atoms with Gasteiger partial charge in [0.1, 0.15) is 4.91 Å². The van der Waals surface area contributed by atoms with Crippen molar-refractivity contribution < 1.29 is 35.9 Å². The molecule has 2 aromatic heterocycles. The van der Waals surface area contributed by atoms with E-state index in [-0.39, 0.29) is 30.7 Å². The molecule has 8 nitrogen and oxygen atoms in total. The number of carbonyl (C=O) groups is 1. The van der Waals surface area contributed by atoms with E-state index < -0.39 is 31.2 Å². The lowest BCUT2D eigenvalue weighted by molar-refractivity contribution is -0.597. The Hall–Kier alpha value is -7.27. The third kappa shape index (κ3) is 9.02. The van der Waals surface area contributed by atoms with Gasteiger partial charge in [-0.25, -0.2) is 16.8 Å². The van der Waals surface area contributed by atoms with Crippen LogP contribution in [-0.4, -0.2) is 22.6 Å². The molecular weight excluding hydrogens is 873 g/mol. The van der Waals surface area contributed by atoms with Crippen LogP contribution in [0.3, 0.4) is 0 Å². The normalized spacial score (nSPS) is 15.4. The second kappa shape index (κ2) is 19.7. The molecule has 0 spiro atoms. The van der Waals surface area contributed by atoms with Crippen LogP contribution in [0.1, 0.15) is 71.4 Å². The number of benzene rings is 5. The molecule has 336 valence electrons. The first-order valence-corrected chi connectivity index (χ1v) is 25.4. The highest BCUT2D eigenvalue weighted by molar-refractivity contribution is 7.97. The van der Waals surface area contributed by atoms with E-state index in [1.807, 2.05) is 0 Å². The number of pyridine rings is 2. The molecule has 9 rings (SSSR count). The molecule has 5 aromatic carbocycles. The number of aromatic nitrogens is 2. The second-order valence-electron chi connectivity index (χ2n) is 16.1. The average molecular weight is 924 g/mol. The summed E-state index contributed by atoms with van der Waals surface area (Å²) in [5.74, 6) is -1.21. The van der Waals surface area contributed by atoms with Crippen molar-refractivity contribution in [1.82, 2.24) is 0 Å². The standard InChI is InChI=1S/C30H34N2.C27H18O6S2/c1-5-23-11-9-12-24(6-2)29(23)31-19-15-27(16-20-31)28-17-21-32(22-18-28)30-25(7-3)13-10-14-26(30)8-4;28-26-20-10-4-6-12-22(20)34(30,31)24(26)16-14-19(18-8-2-1-3-9-18)15-17-25-27(29)21-11-5-7-13-23(21)35(25,32)33/h9-22H,5-8H2,1-4H3;1-17,28H/q+2;/p-1. The number of hydrogen-bond acceptors (Lipinski definition) is 6. The number of fused-ring (bicyclic) bond motifs is 2. The van der Waals surface area contributed by atoms with Gasteiger partial charge in [-0.05, 0) is 83.9 Å². The summed E-state index contributed by atoms with van der Waals surface area (Å²) in [6.07, 6.45) is 18.2. The van der Waals surface area contributed by atoms with Crippen LogP contribution >= 0.6 is 0 Å². The summed E-state index contributed by atoms with van der Waals surface area (Å²) >= 11 is 0. The zero-order valence-corrected chi connectivity index (χ0v) is 39.5. The predicted octanol–water partition coefficient (Wildman–Crippen LogP) is 9.85. The van der Waals surface area contributed by atoms with Gasteiger partial charge in [-0.15, -0.1) is 0 Å². The van der Waals surface area contributed by atoms with Crippen LogP contribution in [0.4, 0.5) is 0 Å². The SMILES string of the molecule is CCc1cccc(CC)c1-[n+]1ccc(-c2cc[n+](-c3c(CC)cccc3CC)cc2)cc1.O=C1C(=CC=C(C=CC2=C([O-])c3ccccc3S2(=O)=O)c2ccccc2)S(=O)(=O)c2ccccc21.